The number of aromatic nitrogens is 2. The Labute approximate surface area is 162 Å². The van der Waals surface area contributed by atoms with Crippen molar-refractivity contribution in [1.29, 1.82) is 0 Å². The second kappa shape index (κ2) is 5.67. The molecule has 7 heteroatoms. The fraction of sp³-hybridized carbons (Fsp3) is 0.476. The van der Waals surface area contributed by atoms with Crippen LogP contribution in [0.1, 0.15) is 31.0 Å². The second-order valence-electron chi connectivity index (χ2n) is 8.18. The molecule has 0 bridgehead atoms. The van der Waals surface area contributed by atoms with Gasteiger partial charge in [0.1, 0.15) is 18.3 Å². The van der Waals surface area contributed by atoms with Crippen LogP contribution in [0.15, 0.2) is 42.2 Å². The van der Waals surface area contributed by atoms with Crippen molar-refractivity contribution < 1.29 is 23.7 Å². The van der Waals surface area contributed by atoms with Gasteiger partial charge in [-0.2, -0.15) is 5.10 Å². The Morgan fingerprint density at radius 1 is 1.07 bits per heavy atom. The number of nitrogens with zero attached hydrogens (tertiary/aromatic N) is 2. The lowest BCUT2D eigenvalue weighted by molar-refractivity contribution is -0.223. The standard InChI is InChI=1S/C21H22N2O5/c1-11-14-15-12(10-25-19(14)23(22-11)13-7-5-4-6-8-13)9-24-17-16(15)26-20-18(17)27-21(2,3)28-20/h4-8,10,15-18,20H,9H2,1-3H3/t15-,16-,17+,18-,20-/m1/s1. The average molecular weight is 382 g/mol. The molecule has 0 N–H and O–H groups in total. The van der Waals surface area contributed by atoms with Crippen LogP contribution in [0, 0.1) is 6.92 Å². The van der Waals surface area contributed by atoms with Crippen LogP contribution in [0.4, 0.5) is 0 Å². The van der Waals surface area contributed by atoms with E-state index in [1.165, 1.54) is 0 Å². The van der Waals surface area contributed by atoms with Crippen LogP contribution in [0.5, 0.6) is 5.88 Å². The van der Waals surface area contributed by atoms with Crippen LogP contribution < -0.4 is 4.74 Å². The minimum Gasteiger partial charge on any atom is -0.446 e. The maximum Gasteiger partial charge on any atom is 0.225 e. The summed E-state index contributed by atoms with van der Waals surface area (Å²) in [7, 11) is 0. The highest BCUT2D eigenvalue weighted by Crippen LogP contribution is 2.51. The van der Waals surface area contributed by atoms with Gasteiger partial charge in [0.15, 0.2) is 12.1 Å². The van der Waals surface area contributed by atoms with Crippen molar-refractivity contribution in [3.05, 3.63) is 53.4 Å². The first kappa shape index (κ1) is 16.7. The molecule has 5 heterocycles. The SMILES string of the molecule is Cc1nn(-c2ccccc2)c2c1[C@H]1C(=CO2)CO[C@@H]2[C@H]3OC(C)(C)O[C@H]3O[C@@H]21. The van der Waals surface area contributed by atoms with Crippen LogP contribution in [0.3, 0.4) is 0 Å². The molecule has 0 amide bonds. The number of ether oxygens (including phenoxy) is 5. The number of aryl methyl sites for hydroxylation is 1. The summed E-state index contributed by atoms with van der Waals surface area (Å²) in [5, 5.41) is 4.76. The maximum atomic E-state index is 6.32. The summed E-state index contributed by atoms with van der Waals surface area (Å²) in [6, 6.07) is 10.0. The Hall–Kier alpha value is -2.19. The van der Waals surface area contributed by atoms with Crippen molar-refractivity contribution in [1.82, 2.24) is 9.78 Å². The summed E-state index contributed by atoms with van der Waals surface area (Å²) in [4.78, 5) is 0. The van der Waals surface area contributed by atoms with Crippen LogP contribution in [-0.4, -0.2) is 46.8 Å². The molecule has 5 atom stereocenters. The average Bonchev–Trinajstić information content (AvgIpc) is 3.29. The lowest BCUT2D eigenvalue weighted by Gasteiger charge is -2.38. The fourth-order valence-electron chi connectivity index (χ4n) is 4.78. The lowest BCUT2D eigenvalue weighted by atomic mass is 9.81. The first-order valence-corrected chi connectivity index (χ1v) is 9.65. The van der Waals surface area contributed by atoms with Gasteiger partial charge in [-0.25, -0.2) is 4.68 Å². The molecule has 7 nitrogen and oxygen atoms in total. The number of para-hydroxylation sites is 1. The van der Waals surface area contributed by atoms with Gasteiger partial charge in [0, 0.05) is 17.1 Å². The molecule has 1 aromatic heterocycles. The third-order valence-electron chi connectivity index (χ3n) is 5.89. The highest BCUT2D eigenvalue weighted by Gasteiger charge is 2.60. The summed E-state index contributed by atoms with van der Waals surface area (Å²) < 4.78 is 32.3. The molecular formula is C21H22N2O5. The van der Waals surface area contributed by atoms with Crippen molar-refractivity contribution in [2.24, 2.45) is 0 Å². The molecular weight excluding hydrogens is 360 g/mol. The number of benzene rings is 1. The van der Waals surface area contributed by atoms with Gasteiger partial charge in [0.2, 0.25) is 5.88 Å². The van der Waals surface area contributed by atoms with E-state index in [2.05, 4.69) is 0 Å². The Bertz CT molecular complexity index is 967. The smallest absolute Gasteiger partial charge is 0.225 e. The minimum absolute atomic E-state index is 0.0147. The predicted octanol–water partition coefficient (Wildman–Crippen LogP) is 2.82. The molecule has 3 saturated heterocycles. The minimum atomic E-state index is -0.658. The van der Waals surface area contributed by atoms with Crippen molar-refractivity contribution >= 4 is 0 Å². The van der Waals surface area contributed by atoms with E-state index in [0.717, 1.165) is 28.4 Å². The van der Waals surface area contributed by atoms with Crippen molar-refractivity contribution in [2.45, 2.75) is 57.1 Å². The molecule has 0 radical (unpaired) electrons. The third-order valence-corrected chi connectivity index (χ3v) is 5.89. The van der Waals surface area contributed by atoms with Gasteiger partial charge < -0.3 is 23.7 Å². The Morgan fingerprint density at radius 2 is 1.89 bits per heavy atom. The van der Waals surface area contributed by atoms with Crippen LogP contribution in [0.2, 0.25) is 0 Å². The molecule has 2 aromatic rings. The zero-order valence-corrected chi connectivity index (χ0v) is 16.0. The number of hydrogen-bond acceptors (Lipinski definition) is 6. The van der Waals surface area contributed by atoms with E-state index in [1.54, 1.807) is 6.26 Å². The summed E-state index contributed by atoms with van der Waals surface area (Å²) in [6.45, 7) is 6.30. The van der Waals surface area contributed by atoms with E-state index in [9.17, 15) is 0 Å². The second-order valence-corrected chi connectivity index (χ2v) is 8.18. The van der Waals surface area contributed by atoms with Gasteiger partial charge >= 0.3 is 0 Å². The monoisotopic (exact) mass is 382 g/mol. The van der Waals surface area contributed by atoms with E-state index < -0.39 is 12.1 Å². The number of hydrogen-bond donors (Lipinski definition) is 0. The Kier molecular flexibility index (Phi) is 3.39. The molecule has 0 aliphatic carbocycles. The molecule has 3 fully saturated rings. The third kappa shape index (κ3) is 2.27. The van der Waals surface area contributed by atoms with Gasteiger partial charge in [-0.15, -0.1) is 0 Å². The quantitative estimate of drug-likeness (QED) is 0.756. The first-order chi connectivity index (χ1) is 13.5. The van der Waals surface area contributed by atoms with E-state index >= 15 is 0 Å². The Morgan fingerprint density at radius 3 is 2.71 bits per heavy atom. The fourth-order valence-corrected chi connectivity index (χ4v) is 4.78. The van der Waals surface area contributed by atoms with E-state index in [0.29, 0.717) is 6.61 Å². The predicted molar refractivity (Wildman–Crippen MR) is 98.2 cm³/mol. The van der Waals surface area contributed by atoms with Crippen LogP contribution >= 0.6 is 0 Å². The molecule has 0 saturated carbocycles. The largest absolute Gasteiger partial charge is 0.446 e. The topological polar surface area (TPSA) is 64.0 Å². The number of rotatable bonds is 1. The zero-order chi connectivity index (χ0) is 19.0. The van der Waals surface area contributed by atoms with Gasteiger partial charge in [0.25, 0.3) is 0 Å². The normalized spacial score (nSPS) is 34.7. The molecule has 146 valence electrons. The van der Waals surface area contributed by atoms with Gasteiger partial charge in [-0.1, -0.05) is 18.2 Å². The Balaban J connectivity index is 1.41. The molecule has 0 spiro atoms. The maximum absolute atomic E-state index is 6.32. The molecule has 4 aliphatic heterocycles. The van der Waals surface area contributed by atoms with Crippen LogP contribution in [-0.2, 0) is 18.9 Å². The van der Waals surface area contributed by atoms with Gasteiger partial charge in [0.05, 0.1) is 24.3 Å². The van der Waals surface area contributed by atoms with Crippen molar-refractivity contribution in [3.63, 3.8) is 0 Å². The van der Waals surface area contributed by atoms with Gasteiger partial charge in [-0.3, -0.25) is 0 Å². The van der Waals surface area contributed by atoms with Crippen molar-refractivity contribution in [2.75, 3.05) is 6.61 Å². The summed E-state index contributed by atoms with van der Waals surface area (Å²) in [6.07, 6.45) is 0.769. The van der Waals surface area contributed by atoms with Crippen molar-refractivity contribution in [3.8, 4) is 11.6 Å². The first-order valence-electron chi connectivity index (χ1n) is 9.65. The molecule has 28 heavy (non-hydrogen) atoms. The number of fused-ring (bicyclic) bond motifs is 7. The van der Waals surface area contributed by atoms with E-state index in [-0.39, 0.29) is 24.2 Å². The highest BCUT2D eigenvalue weighted by atomic mass is 16.8. The zero-order valence-electron chi connectivity index (χ0n) is 16.0. The van der Waals surface area contributed by atoms with Gasteiger partial charge in [-0.05, 0) is 32.9 Å². The highest BCUT2D eigenvalue weighted by molar-refractivity contribution is 5.49. The molecule has 6 rings (SSSR count). The summed E-state index contributed by atoms with van der Waals surface area (Å²) in [5.74, 6) is 0.0937. The van der Waals surface area contributed by atoms with E-state index in [1.807, 2.05) is 55.8 Å². The lowest BCUT2D eigenvalue weighted by Crippen LogP contribution is -2.45. The molecule has 4 aliphatic rings. The van der Waals surface area contributed by atoms with E-state index in [4.69, 9.17) is 28.8 Å². The summed E-state index contributed by atoms with van der Waals surface area (Å²) >= 11 is 0. The van der Waals surface area contributed by atoms with Crippen LogP contribution in [0.25, 0.3) is 5.69 Å². The molecule has 1 aromatic carbocycles. The summed E-state index contributed by atoms with van der Waals surface area (Å²) in [5.41, 5.74) is 4.01. The molecule has 0 unspecified atom stereocenters.